The van der Waals surface area contributed by atoms with Gasteiger partial charge in [-0.05, 0) is 18.9 Å². The number of phenolic OH excluding ortho intramolecular Hbond substituents is 1. The first-order valence-corrected chi connectivity index (χ1v) is 5.48. The van der Waals surface area contributed by atoms with Gasteiger partial charge in [0.1, 0.15) is 5.75 Å². The Bertz CT molecular complexity index is 416. The van der Waals surface area contributed by atoms with Gasteiger partial charge >= 0.3 is 0 Å². The highest BCUT2D eigenvalue weighted by Gasteiger charge is 2.16. The van der Waals surface area contributed by atoms with E-state index in [0.717, 1.165) is 18.9 Å². The second kappa shape index (κ2) is 5.01. The van der Waals surface area contributed by atoms with Gasteiger partial charge in [-0.25, -0.2) is 0 Å². The highest BCUT2D eigenvalue weighted by atomic mass is 16.6. The van der Waals surface area contributed by atoms with Crippen molar-refractivity contribution in [3.63, 3.8) is 0 Å². The van der Waals surface area contributed by atoms with Crippen LogP contribution in [0.5, 0.6) is 5.75 Å². The lowest BCUT2D eigenvalue weighted by atomic mass is 10.1. The Hall–Kier alpha value is -1.82. The molecule has 0 saturated carbocycles. The molecule has 1 aliphatic rings. The molecule has 1 saturated heterocycles. The highest BCUT2D eigenvalue weighted by molar-refractivity contribution is 5.60. The predicted octanol–water partition coefficient (Wildman–Crippen LogP) is 1.89. The molecule has 2 N–H and O–H groups in total. The van der Waals surface area contributed by atoms with Crippen LogP contribution in [-0.2, 0) is 4.74 Å². The van der Waals surface area contributed by atoms with Gasteiger partial charge in [0.2, 0.25) is 0 Å². The summed E-state index contributed by atoms with van der Waals surface area (Å²) >= 11 is 0. The molecule has 92 valence electrons. The average molecular weight is 238 g/mol. The van der Waals surface area contributed by atoms with Crippen LogP contribution in [-0.4, -0.2) is 29.3 Å². The van der Waals surface area contributed by atoms with E-state index >= 15 is 0 Å². The zero-order valence-electron chi connectivity index (χ0n) is 9.26. The van der Waals surface area contributed by atoms with Gasteiger partial charge in [-0.2, -0.15) is 0 Å². The zero-order valence-corrected chi connectivity index (χ0v) is 9.26. The number of hydrogen-bond donors (Lipinski definition) is 2. The van der Waals surface area contributed by atoms with E-state index in [9.17, 15) is 15.2 Å². The lowest BCUT2D eigenvalue weighted by Gasteiger charge is -2.24. The van der Waals surface area contributed by atoms with Crippen LogP contribution in [0.1, 0.15) is 12.8 Å². The van der Waals surface area contributed by atoms with E-state index in [4.69, 9.17) is 4.74 Å². The number of hydrogen-bond acceptors (Lipinski definition) is 5. The van der Waals surface area contributed by atoms with Crippen LogP contribution in [0.4, 0.5) is 11.4 Å². The third-order valence-electron chi connectivity index (χ3n) is 2.77. The molecule has 6 heteroatoms. The minimum absolute atomic E-state index is 0.0920. The van der Waals surface area contributed by atoms with Crippen LogP contribution < -0.4 is 5.32 Å². The summed E-state index contributed by atoms with van der Waals surface area (Å²) in [4.78, 5) is 9.98. The molecular formula is C11H14N2O4. The summed E-state index contributed by atoms with van der Waals surface area (Å²) in [7, 11) is 0. The summed E-state index contributed by atoms with van der Waals surface area (Å²) in [5.41, 5.74) is 0.419. The van der Waals surface area contributed by atoms with Crippen molar-refractivity contribution < 1.29 is 14.8 Å². The van der Waals surface area contributed by atoms with E-state index < -0.39 is 4.92 Å². The van der Waals surface area contributed by atoms with Gasteiger partial charge in [-0.15, -0.1) is 0 Å². The molecule has 0 amide bonds. The van der Waals surface area contributed by atoms with Crippen LogP contribution in [0.15, 0.2) is 18.2 Å². The quantitative estimate of drug-likeness (QED) is 0.477. The minimum atomic E-state index is -0.530. The summed E-state index contributed by atoms with van der Waals surface area (Å²) in [6, 6.07) is 4.31. The Balaban J connectivity index is 2.08. The van der Waals surface area contributed by atoms with Crippen LogP contribution in [0.3, 0.4) is 0 Å². The number of ether oxygens (including phenoxy) is 1. The molecule has 1 heterocycles. The summed E-state index contributed by atoms with van der Waals surface area (Å²) < 4.78 is 5.23. The fourth-order valence-corrected chi connectivity index (χ4v) is 1.82. The Morgan fingerprint density at radius 2 is 2.12 bits per heavy atom. The lowest BCUT2D eigenvalue weighted by molar-refractivity contribution is -0.384. The van der Waals surface area contributed by atoms with Gasteiger partial charge in [0.05, 0.1) is 16.7 Å². The molecule has 0 radical (unpaired) electrons. The predicted molar refractivity (Wildman–Crippen MR) is 62.2 cm³/mol. The van der Waals surface area contributed by atoms with Crippen molar-refractivity contribution in [1.29, 1.82) is 0 Å². The number of rotatable bonds is 3. The summed E-state index contributed by atoms with van der Waals surface area (Å²) in [6.07, 6.45) is 1.74. The molecule has 1 aromatic rings. The molecule has 17 heavy (non-hydrogen) atoms. The molecule has 0 bridgehead atoms. The van der Waals surface area contributed by atoms with Gasteiger partial charge in [0, 0.05) is 25.3 Å². The molecule has 1 aromatic carbocycles. The molecule has 0 atom stereocenters. The summed E-state index contributed by atoms with van der Waals surface area (Å²) in [6.45, 7) is 1.40. The molecule has 0 unspecified atom stereocenters. The lowest BCUT2D eigenvalue weighted by Crippen LogP contribution is -2.27. The van der Waals surface area contributed by atoms with E-state index in [0.29, 0.717) is 18.9 Å². The van der Waals surface area contributed by atoms with Gasteiger partial charge in [0.25, 0.3) is 5.69 Å². The third-order valence-corrected chi connectivity index (χ3v) is 2.77. The number of non-ortho nitro benzene ring substituents is 1. The van der Waals surface area contributed by atoms with E-state index in [1.807, 2.05) is 0 Å². The largest absolute Gasteiger partial charge is 0.506 e. The monoisotopic (exact) mass is 238 g/mol. The van der Waals surface area contributed by atoms with Crippen LogP contribution in [0.2, 0.25) is 0 Å². The Morgan fingerprint density at radius 1 is 1.41 bits per heavy atom. The minimum Gasteiger partial charge on any atom is -0.506 e. The SMILES string of the molecule is O=[N+]([O-])c1ccc(NC2CCOCC2)c(O)c1. The number of nitro groups is 1. The first kappa shape index (κ1) is 11.7. The second-order valence-electron chi connectivity index (χ2n) is 3.99. The maximum Gasteiger partial charge on any atom is 0.273 e. The fourth-order valence-electron chi connectivity index (χ4n) is 1.82. The van der Waals surface area contributed by atoms with E-state index in [1.165, 1.54) is 12.1 Å². The average Bonchev–Trinajstić information content (AvgIpc) is 2.33. The fraction of sp³-hybridized carbons (Fsp3) is 0.455. The van der Waals surface area contributed by atoms with Crippen LogP contribution in [0, 0.1) is 10.1 Å². The maximum atomic E-state index is 10.5. The van der Waals surface area contributed by atoms with Crippen molar-refractivity contribution in [2.45, 2.75) is 18.9 Å². The number of benzene rings is 1. The second-order valence-corrected chi connectivity index (χ2v) is 3.99. The summed E-state index contributed by atoms with van der Waals surface area (Å²) in [5, 5.41) is 23.3. The maximum absolute atomic E-state index is 10.5. The van der Waals surface area contributed by atoms with Crippen molar-refractivity contribution in [2.75, 3.05) is 18.5 Å². The third kappa shape index (κ3) is 2.85. The standard InChI is InChI=1S/C11H14N2O4/c14-11-7-9(13(15)16)1-2-10(11)12-8-3-5-17-6-4-8/h1-2,7-8,12,14H,3-6H2. The van der Waals surface area contributed by atoms with Gasteiger partial charge in [0.15, 0.2) is 0 Å². The summed E-state index contributed by atoms with van der Waals surface area (Å²) in [5.74, 6) is -0.0920. The molecule has 2 rings (SSSR count). The first-order valence-electron chi connectivity index (χ1n) is 5.48. The smallest absolute Gasteiger partial charge is 0.273 e. The Labute approximate surface area is 98.4 Å². The number of nitro benzene ring substituents is 1. The van der Waals surface area contributed by atoms with Crippen LogP contribution in [0.25, 0.3) is 0 Å². The normalized spacial score (nSPS) is 16.7. The molecule has 0 aromatic heterocycles. The van der Waals surface area contributed by atoms with E-state index in [2.05, 4.69) is 5.32 Å². The first-order chi connectivity index (χ1) is 8.16. The van der Waals surface area contributed by atoms with Crippen molar-refractivity contribution in [3.05, 3.63) is 28.3 Å². The number of nitrogens with zero attached hydrogens (tertiary/aromatic N) is 1. The number of aromatic hydroxyl groups is 1. The number of phenols is 1. The molecule has 1 aliphatic heterocycles. The van der Waals surface area contributed by atoms with Gasteiger partial charge < -0.3 is 15.2 Å². The van der Waals surface area contributed by atoms with Gasteiger partial charge in [-0.3, -0.25) is 10.1 Å². The number of nitrogens with one attached hydrogen (secondary N) is 1. The molecule has 6 nitrogen and oxygen atoms in total. The zero-order chi connectivity index (χ0) is 12.3. The van der Waals surface area contributed by atoms with E-state index in [-0.39, 0.29) is 17.5 Å². The van der Waals surface area contributed by atoms with Crippen molar-refractivity contribution >= 4 is 11.4 Å². The molecular weight excluding hydrogens is 224 g/mol. The van der Waals surface area contributed by atoms with Gasteiger partial charge in [-0.1, -0.05) is 0 Å². The molecule has 0 aliphatic carbocycles. The topological polar surface area (TPSA) is 84.6 Å². The number of anilines is 1. The Kier molecular flexibility index (Phi) is 3.43. The molecule has 0 spiro atoms. The molecule has 1 fully saturated rings. The Morgan fingerprint density at radius 3 is 2.71 bits per heavy atom. The van der Waals surface area contributed by atoms with E-state index in [1.54, 1.807) is 0 Å². The van der Waals surface area contributed by atoms with Crippen LogP contribution >= 0.6 is 0 Å². The van der Waals surface area contributed by atoms with Crippen molar-refractivity contribution in [3.8, 4) is 5.75 Å². The van der Waals surface area contributed by atoms with Crippen molar-refractivity contribution in [2.24, 2.45) is 0 Å². The van der Waals surface area contributed by atoms with Crippen molar-refractivity contribution in [1.82, 2.24) is 0 Å². The highest BCUT2D eigenvalue weighted by Crippen LogP contribution is 2.29.